The molecule has 37 heavy (non-hydrogen) atoms. The summed E-state index contributed by atoms with van der Waals surface area (Å²) < 4.78 is 2.10. The molecule has 3 heterocycles. The Balaban J connectivity index is 0.000000157. The van der Waals surface area contributed by atoms with Crippen molar-refractivity contribution in [1.29, 1.82) is 0 Å². The van der Waals surface area contributed by atoms with Gasteiger partial charge < -0.3 is 10.0 Å². The number of hydrogen-bond acceptors (Lipinski definition) is 5. The molecule has 7 nitrogen and oxygen atoms in total. The van der Waals surface area contributed by atoms with Gasteiger partial charge in [-0.15, -0.1) is 5.10 Å². The van der Waals surface area contributed by atoms with E-state index in [0.717, 1.165) is 56.5 Å². The maximum absolute atomic E-state index is 11.8. The summed E-state index contributed by atoms with van der Waals surface area (Å²) in [5, 5.41) is 18.2. The SMILES string of the molecule is CN1CCC(n2nnc3ccccc32)CC1.O=C(O)[C@@H](C1CCCCC1)N1CCC(c2ccccc2)C1. The van der Waals surface area contributed by atoms with Crippen LogP contribution < -0.4 is 0 Å². The molecule has 6 rings (SSSR count). The lowest BCUT2D eigenvalue weighted by molar-refractivity contribution is -0.145. The highest BCUT2D eigenvalue weighted by atomic mass is 16.4. The van der Waals surface area contributed by atoms with Gasteiger partial charge in [-0.3, -0.25) is 9.69 Å². The maximum Gasteiger partial charge on any atom is 0.321 e. The van der Waals surface area contributed by atoms with Crippen LogP contribution >= 0.6 is 0 Å². The van der Waals surface area contributed by atoms with E-state index in [0.29, 0.717) is 17.9 Å². The molecule has 2 saturated heterocycles. The maximum atomic E-state index is 11.8. The number of carbonyl (C=O) groups is 1. The van der Waals surface area contributed by atoms with Crippen LogP contribution in [0.5, 0.6) is 0 Å². The number of carboxylic acids is 1. The van der Waals surface area contributed by atoms with Gasteiger partial charge in [0.2, 0.25) is 0 Å². The second kappa shape index (κ2) is 12.2. The Hall–Kier alpha value is -2.77. The van der Waals surface area contributed by atoms with E-state index in [1.54, 1.807) is 0 Å². The third-order valence-corrected chi connectivity index (χ3v) is 8.64. The Morgan fingerprint density at radius 1 is 0.892 bits per heavy atom. The minimum Gasteiger partial charge on any atom is -0.480 e. The molecule has 2 aliphatic heterocycles. The fraction of sp³-hybridized carbons (Fsp3) is 0.567. The molecule has 1 unspecified atom stereocenters. The molecule has 7 heteroatoms. The summed E-state index contributed by atoms with van der Waals surface area (Å²) in [6.07, 6.45) is 9.27. The molecule has 0 radical (unpaired) electrons. The van der Waals surface area contributed by atoms with Crippen LogP contribution in [0.25, 0.3) is 11.0 Å². The first-order chi connectivity index (χ1) is 18.1. The highest BCUT2D eigenvalue weighted by Gasteiger charge is 2.38. The van der Waals surface area contributed by atoms with E-state index in [9.17, 15) is 9.90 Å². The standard InChI is InChI=1S/C18H25NO2.C12H16N4/c20-18(21)17(15-9-5-2-6-10-15)19-12-11-16(13-19)14-7-3-1-4-8-14;1-15-8-6-10(7-9-15)16-12-5-3-2-4-11(12)13-14-16/h1,3-4,7-8,15-17H,2,5-6,9-13H2,(H,20,21);2-5,10H,6-9H2,1H3/t16?,17-;/m1./s1. The summed E-state index contributed by atoms with van der Waals surface area (Å²) in [6, 6.07) is 19.0. The summed E-state index contributed by atoms with van der Waals surface area (Å²) in [5.41, 5.74) is 3.52. The molecule has 1 aliphatic carbocycles. The summed E-state index contributed by atoms with van der Waals surface area (Å²) in [4.78, 5) is 16.4. The molecule has 0 bridgehead atoms. The number of carboxylic acid groups (broad SMARTS) is 1. The number of rotatable bonds is 5. The van der Waals surface area contributed by atoms with Crippen molar-refractivity contribution in [3.8, 4) is 0 Å². The van der Waals surface area contributed by atoms with Crippen LogP contribution in [0.15, 0.2) is 54.6 Å². The van der Waals surface area contributed by atoms with Crippen molar-refractivity contribution in [2.24, 2.45) is 5.92 Å². The summed E-state index contributed by atoms with van der Waals surface area (Å²) in [6.45, 7) is 4.13. The van der Waals surface area contributed by atoms with E-state index in [2.05, 4.69) is 68.2 Å². The van der Waals surface area contributed by atoms with E-state index in [-0.39, 0.29) is 6.04 Å². The minimum atomic E-state index is -0.615. The fourth-order valence-corrected chi connectivity index (χ4v) is 6.54. The largest absolute Gasteiger partial charge is 0.480 e. The summed E-state index contributed by atoms with van der Waals surface area (Å²) in [5.74, 6) is 0.234. The molecule has 3 aliphatic rings. The van der Waals surface area contributed by atoms with Crippen molar-refractivity contribution in [1.82, 2.24) is 24.8 Å². The molecule has 198 valence electrons. The molecular weight excluding hydrogens is 462 g/mol. The van der Waals surface area contributed by atoms with Gasteiger partial charge in [0, 0.05) is 6.54 Å². The molecular formula is C30H41N5O2. The van der Waals surface area contributed by atoms with Crippen LogP contribution in [0.4, 0.5) is 0 Å². The van der Waals surface area contributed by atoms with Gasteiger partial charge in [-0.05, 0) is 88.3 Å². The average Bonchev–Trinajstić information content (AvgIpc) is 3.59. The molecule has 1 aromatic heterocycles. The Kier molecular flexibility index (Phi) is 8.52. The molecule has 3 aromatic rings. The summed E-state index contributed by atoms with van der Waals surface area (Å²) in [7, 11) is 2.18. The summed E-state index contributed by atoms with van der Waals surface area (Å²) >= 11 is 0. The van der Waals surface area contributed by atoms with Crippen LogP contribution in [0.1, 0.15) is 68.9 Å². The number of fused-ring (bicyclic) bond motifs is 1. The highest BCUT2D eigenvalue weighted by Crippen LogP contribution is 2.34. The third-order valence-electron chi connectivity index (χ3n) is 8.64. The normalized spacial score (nSPS) is 23.0. The lowest BCUT2D eigenvalue weighted by Crippen LogP contribution is -2.45. The van der Waals surface area contributed by atoms with E-state index < -0.39 is 5.97 Å². The van der Waals surface area contributed by atoms with Gasteiger partial charge in [0.05, 0.1) is 11.6 Å². The molecule has 0 spiro atoms. The minimum absolute atomic E-state index is 0.265. The number of aliphatic carboxylic acids is 1. The monoisotopic (exact) mass is 503 g/mol. The Morgan fingerprint density at radius 3 is 2.32 bits per heavy atom. The number of hydrogen-bond donors (Lipinski definition) is 1. The van der Waals surface area contributed by atoms with Gasteiger partial charge in [0.15, 0.2) is 0 Å². The number of para-hydroxylation sites is 1. The predicted octanol–water partition coefficient (Wildman–Crippen LogP) is 5.21. The highest BCUT2D eigenvalue weighted by molar-refractivity contribution is 5.74. The molecule has 0 amide bonds. The molecule has 2 atom stereocenters. The van der Waals surface area contributed by atoms with Gasteiger partial charge in [0.1, 0.15) is 11.6 Å². The van der Waals surface area contributed by atoms with Gasteiger partial charge >= 0.3 is 5.97 Å². The van der Waals surface area contributed by atoms with Crippen molar-refractivity contribution in [3.63, 3.8) is 0 Å². The first kappa shape index (κ1) is 25.9. The van der Waals surface area contributed by atoms with Gasteiger partial charge in [0.25, 0.3) is 0 Å². The van der Waals surface area contributed by atoms with Gasteiger partial charge in [-0.2, -0.15) is 0 Å². The second-order valence-electron chi connectivity index (χ2n) is 11.1. The first-order valence-corrected chi connectivity index (χ1v) is 14.1. The molecule has 2 aromatic carbocycles. The zero-order valence-electron chi connectivity index (χ0n) is 22.1. The van der Waals surface area contributed by atoms with Gasteiger partial charge in [-0.25, -0.2) is 4.68 Å². The van der Waals surface area contributed by atoms with E-state index in [4.69, 9.17) is 0 Å². The lowest BCUT2D eigenvalue weighted by atomic mass is 9.83. The number of likely N-dealkylation sites (tertiary alicyclic amines) is 2. The predicted molar refractivity (Wildman–Crippen MR) is 147 cm³/mol. The van der Waals surface area contributed by atoms with Crippen LogP contribution in [-0.4, -0.2) is 75.1 Å². The van der Waals surface area contributed by atoms with Crippen LogP contribution in [0.2, 0.25) is 0 Å². The zero-order valence-corrected chi connectivity index (χ0v) is 22.1. The van der Waals surface area contributed by atoms with Crippen LogP contribution in [0.3, 0.4) is 0 Å². The quantitative estimate of drug-likeness (QED) is 0.515. The zero-order chi connectivity index (χ0) is 25.6. The fourth-order valence-electron chi connectivity index (χ4n) is 6.54. The van der Waals surface area contributed by atoms with E-state index in [1.165, 1.54) is 37.7 Å². The lowest BCUT2D eigenvalue weighted by Gasteiger charge is -2.33. The van der Waals surface area contributed by atoms with Gasteiger partial charge in [-0.1, -0.05) is 66.9 Å². The van der Waals surface area contributed by atoms with Crippen molar-refractivity contribution in [2.45, 2.75) is 69.4 Å². The Labute approximate surface area is 220 Å². The van der Waals surface area contributed by atoms with Crippen molar-refractivity contribution >= 4 is 17.0 Å². The van der Waals surface area contributed by atoms with Crippen molar-refractivity contribution in [2.75, 3.05) is 33.2 Å². The molecule has 1 N–H and O–H groups in total. The van der Waals surface area contributed by atoms with Crippen molar-refractivity contribution in [3.05, 3.63) is 60.2 Å². The number of benzene rings is 2. The smallest absolute Gasteiger partial charge is 0.321 e. The van der Waals surface area contributed by atoms with Crippen LogP contribution in [0, 0.1) is 5.92 Å². The third kappa shape index (κ3) is 6.21. The Bertz CT molecular complexity index is 1140. The van der Waals surface area contributed by atoms with Crippen molar-refractivity contribution < 1.29 is 9.90 Å². The first-order valence-electron chi connectivity index (χ1n) is 14.1. The van der Waals surface area contributed by atoms with E-state index >= 15 is 0 Å². The number of aromatic nitrogens is 3. The molecule has 1 saturated carbocycles. The topological polar surface area (TPSA) is 74.5 Å². The number of piperidine rings is 1. The van der Waals surface area contributed by atoms with E-state index in [1.807, 2.05) is 18.2 Å². The average molecular weight is 504 g/mol. The Morgan fingerprint density at radius 2 is 1.59 bits per heavy atom. The van der Waals surface area contributed by atoms with Crippen LogP contribution in [-0.2, 0) is 4.79 Å². The number of nitrogens with zero attached hydrogens (tertiary/aromatic N) is 5. The molecule has 3 fully saturated rings. The second-order valence-corrected chi connectivity index (χ2v) is 11.1.